The fourth-order valence-corrected chi connectivity index (χ4v) is 4.48. The quantitative estimate of drug-likeness (QED) is 0.842. The summed E-state index contributed by atoms with van der Waals surface area (Å²) < 4.78 is 1.47. The van der Waals surface area contributed by atoms with Crippen LogP contribution in [0.1, 0.15) is 34.3 Å². The van der Waals surface area contributed by atoms with E-state index in [9.17, 15) is 14.7 Å². The first kappa shape index (κ1) is 18.1. The Bertz CT molecular complexity index is 896. The second-order valence-corrected chi connectivity index (χ2v) is 7.85. The summed E-state index contributed by atoms with van der Waals surface area (Å²) in [4.78, 5) is 26.9. The summed E-state index contributed by atoms with van der Waals surface area (Å²) in [6.07, 6.45) is 4.42. The zero-order valence-electron chi connectivity index (χ0n) is 15.7. The maximum Gasteiger partial charge on any atom is 0.250 e. The molecular formula is C22H26N2O3. The summed E-state index contributed by atoms with van der Waals surface area (Å²) in [5, 5.41) is 10.6. The molecule has 27 heavy (non-hydrogen) atoms. The summed E-state index contributed by atoms with van der Waals surface area (Å²) in [5.74, 6) is 0.0308. The number of aromatic nitrogens is 1. The maximum absolute atomic E-state index is 12.8. The molecular weight excluding hydrogens is 340 g/mol. The molecule has 0 spiro atoms. The number of Topliss-reactive ketones (excluding diaryl/α,β-unsaturated/α-hetero) is 1. The van der Waals surface area contributed by atoms with Crippen LogP contribution < -0.4 is 5.56 Å². The molecule has 0 saturated carbocycles. The van der Waals surface area contributed by atoms with Crippen molar-refractivity contribution >= 4 is 5.78 Å². The minimum absolute atomic E-state index is 0.0404. The van der Waals surface area contributed by atoms with Gasteiger partial charge < -0.3 is 9.67 Å². The Balaban J connectivity index is 1.41. The second-order valence-electron chi connectivity index (χ2n) is 7.85. The highest BCUT2D eigenvalue weighted by atomic mass is 16.3. The van der Waals surface area contributed by atoms with Crippen molar-refractivity contribution in [1.29, 1.82) is 0 Å². The van der Waals surface area contributed by atoms with Crippen LogP contribution in [-0.2, 0) is 19.9 Å². The first-order chi connectivity index (χ1) is 13.0. The van der Waals surface area contributed by atoms with Gasteiger partial charge in [-0.15, -0.1) is 0 Å². The Kier molecular flexibility index (Phi) is 4.98. The molecule has 2 atom stereocenters. The molecule has 1 saturated heterocycles. The number of benzene rings is 1. The fraction of sp³-hybridized carbons (Fsp3) is 0.455. The number of hydrogen-bond acceptors (Lipinski definition) is 4. The van der Waals surface area contributed by atoms with Gasteiger partial charge in [-0.05, 0) is 49.5 Å². The average Bonchev–Trinajstić information content (AvgIpc) is 2.69. The summed E-state index contributed by atoms with van der Waals surface area (Å²) in [5.41, 5.74) is 2.94. The number of rotatable bonds is 3. The van der Waals surface area contributed by atoms with Crippen LogP contribution in [0, 0.1) is 5.92 Å². The van der Waals surface area contributed by atoms with Gasteiger partial charge in [0.1, 0.15) is 0 Å². The minimum Gasteiger partial charge on any atom is -0.391 e. The lowest BCUT2D eigenvalue weighted by molar-refractivity contribution is 0.0239. The Morgan fingerprint density at radius 3 is 2.41 bits per heavy atom. The largest absolute Gasteiger partial charge is 0.391 e. The van der Waals surface area contributed by atoms with Crippen molar-refractivity contribution in [2.45, 2.75) is 37.8 Å². The molecule has 142 valence electrons. The van der Waals surface area contributed by atoms with Crippen molar-refractivity contribution in [1.82, 2.24) is 9.47 Å². The van der Waals surface area contributed by atoms with Crippen molar-refractivity contribution < 1.29 is 9.90 Å². The molecule has 2 heterocycles. The molecule has 0 radical (unpaired) electrons. The van der Waals surface area contributed by atoms with Crippen LogP contribution in [0.15, 0.2) is 47.4 Å². The van der Waals surface area contributed by atoms with Gasteiger partial charge in [-0.25, -0.2) is 0 Å². The van der Waals surface area contributed by atoms with Gasteiger partial charge in [0.05, 0.1) is 6.10 Å². The number of ketones is 1. The first-order valence-electron chi connectivity index (χ1n) is 9.72. The standard InChI is InChI=1S/C22H26N2O3/c1-23-9-6-18(14-21(23)26)22(27)15-7-10-24(11-8-15)19-12-16-4-2-3-5-17(16)13-20(19)25/h2-6,9,14-15,19-20,25H,7-8,10-13H2,1H3/t19-,20-/m0/s1. The van der Waals surface area contributed by atoms with Crippen LogP contribution in [0.25, 0.3) is 0 Å². The van der Waals surface area contributed by atoms with Crippen molar-refractivity contribution in [3.63, 3.8) is 0 Å². The Labute approximate surface area is 159 Å². The van der Waals surface area contributed by atoms with Crippen molar-refractivity contribution in [2.75, 3.05) is 13.1 Å². The van der Waals surface area contributed by atoms with E-state index < -0.39 is 0 Å². The van der Waals surface area contributed by atoms with E-state index in [4.69, 9.17) is 0 Å². The van der Waals surface area contributed by atoms with Crippen LogP contribution in [0.5, 0.6) is 0 Å². The summed E-state index contributed by atoms with van der Waals surface area (Å²) in [7, 11) is 1.68. The number of fused-ring (bicyclic) bond motifs is 1. The van der Waals surface area contributed by atoms with Gasteiger partial charge >= 0.3 is 0 Å². The average molecular weight is 366 g/mol. The molecule has 5 heteroatoms. The number of pyridine rings is 1. The molecule has 2 aromatic rings. The molecule has 2 aliphatic rings. The van der Waals surface area contributed by atoms with Crippen molar-refractivity contribution in [3.05, 3.63) is 69.6 Å². The number of aryl methyl sites for hydroxylation is 1. The van der Waals surface area contributed by atoms with Crippen LogP contribution >= 0.6 is 0 Å². The molecule has 0 bridgehead atoms. The van der Waals surface area contributed by atoms with Gasteiger partial charge in [-0.3, -0.25) is 14.5 Å². The molecule has 1 aromatic carbocycles. The van der Waals surface area contributed by atoms with E-state index in [0.717, 1.165) is 32.4 Å². The minimum atomic E-state index is -0.357. The van der Waals surface area contributed by atoms with Gasteiger partial charge in [0.2, 0.25) is 0 Å². The fourth-order valence-electron chi connectivity index (χ4n) is 4.48. The van der Waals surface area contributed by atoms with Gasteiger partial charge in [-0.1, -0.05) is 24.3 Å². The number of carbonyl (C=O) groups is 1. The lowest BCUT2D eigenvalue weighted by Crippen LogP contribution is -2.51. The van der Waals surface area contributed by atoms with E-state index in [-0.39, 0.29) is 29.4 Å². The highest BCUT2D eigenvalue weighted by Gasteiger charge is 2.35. The van der Waals surface area contributed by atoms with Crippen LogP contribution in [0.3, 0.4) is 0 Å². The van der Waals surface area contributed by atoms with Crippen LogP contribution in [-0.4, -0.2) is 45.6 Å². The van der Waals surface area contributed by atoms with E-state index in [2.05, 4.69) is 23.1 Å². The third-order valence-electron chi connectivity index (χ3n) is 6.18. The molecule has 0 amide bonds. The summed E-state index contributed by atoms with van der Waals surface area (Å²) >= 11 is 0. The third-order valence-corrected chi connectivity index (χ3v) is 6.18. The highest BCUT2D eigenvalue weighted by Crippen LogP contribution is 2.29. The predicted octanol–water partition coefficient (Wildman–Crippen LogP) is 1.81. The molecule has 1 aromatic heterocycles. The summed E-state index contributed by atoms with van der Waals surface area (Å²) in [6.45, 7) is 1.62. The topological polar surface area (TPSA) is 62.5 Å². The van der Waals surface area contributed by atoms with Crippen LogP contribution in [0.4, 0.5) is 0 Å². The number of aliphatic hydroxyl groups is 1. The van der Waals surface area contributed by atoms with Gasteiger partial charge in [-0.2, -0.15) is 0 Å². The number of hydrogen-bond donors (Lipinski definition) is 1. The molecule has 1 aliphatic heterocycles. The van der Waals surface area contributed by atoms with Gasteiger partial charge in [0.25, 0.3) is 5.56 Å². The number of piperidine rings is 1. The normalized spacial score (nSPS) is 23.8. The number of likely N-dealkylation sites (tertiary alicyclic amines) is 1. The molecule has 0 unspecified atom stereocenters. The Morgan fingerprint density at radius 1 is 1.07 bits per heavy atom. The SMILES string of the molecule is Cn1ccc(C(=O)C2CCN([C@H]3Cc4ccccc4C[C@@H]3O)CC2)cc1=O. The van der Waals surface area contributed by atoms with Crippen molar-refractivity contribution in [2.24, 2.45) is 13.0 Å². The maximum atomic E-state index is 12.8. The highest BCUT2D eigenvalue weighted by molar-refractivity contribution is 5.97. The predicted molar refractivity (Wildman–Crippen MR) is 104 cm³/mol. The van der Waals surface area contributed by atoms with E-state index in [0.29, 0.717) is 12.0 Å². The van der Waals surface area contributed by atoms with E-state index in [1.165, 1.54) is 21.8 Å². The third kappa shape index (κ3) is 3.62. The second kappa shape index (κ2) is 7.41. The number of carbonyl (C=O) groups excluding carboxylic acids is 1. The summed E-state index contributed by atoms with van der Waals surface area (Å²) in [6, 6.07) is 11.6. The van der Waals surface area contributed by atoms with Gasteiger partial charge in [0.15, 0.2) is 5.78 Å². The van der Waals surface area contributed by atoms with Crippen molar-refractivity contribution in [3.8, 4) is 0 Å². The number of nitrogens with zero attached hydrogens (tertiary/aromatic N) is 2. The lowest BCUT2D eigenvalue weighted by Gasteiger charge is -2.41. The smallest absolute Gasteiger partial charge is 0.250 e. The lowest BCUT2D eigenvalue weighted by atomic mass is 9.83. The van der Waals surface area contributed by atoms with E-state index >= 15 is 0 Å². The van der Waals surface area contributed by atoms with E-state index in [1.54, 1.807) is 19.3 Å². The molecule has 4 rings (SSSR count). The molecule has 1 fully saturated rings. The monoisotopic (exact) mass is 366 g/mol. The zero-order valence-corrected chi connectivity index (χ0v) is 15.7. The van der Waals surface area contributed by atoms with Gasteiger partial charge in [0, 0.05) is 43.3 Å². The Morgan fingerprint density at radius 2 is 1.74 bits per heavy atom. The van der Waals surface area contributed by atoms with E-state index in [1.807, 2.05) is 6.07 Å². The number of aliphatic hydroxyl groups excluding tert-OH is 1. The molecule has 1 aliphatic carbocycles. The Hall–Kier alpha value is -2.24. The van der Waals surface area contributed by atoms with Crippen LogP contribution in [0.2, 0.25) is 0 Å². The molecule has 1 N–H and O–H groups in total. The zero-order chi connectivity index (χ0) is 19.0. The first-order valence-corrected chi connectivity index (χ1v) is 9.72. The molecule has 5 nitrogen and oxygen atoms in total.